The van der Waals surface area contributed by atoms with E-state index in [2.05, 4.69) is 65.7 Å². The van der Waals surface area contributed by atoms with E-state index >= 15 is 0 Å². The number of pyridine rings is 1. The van der Waals surface area contributed by atoms with Crippen LogP contribution in [0.3, 0.4) is 0 Å². The number of ether oxygens (including phenoxy) is 3. The number of H-pyrrole nitrogens is 1. The van der Waals surface area contributed by atoms with E-state index in [0.29, 0.717) is 38.4 Å². The number of fused-ring (bicyclic) bond motifs is 3. The van der Waals surface area contributed by atoms with E-state index in [1.807, 2.05) is 0 Å². The van der Waals surface area contributed by atoms with E-state index in [1.165, 1.54) is 45.7 Å². The van der Waals surface area contributed by atoms with Crippen molar-refractivity contribution < 1.29 is 38.6 Å². The lowest BCUT2D eigenvalue weighted by molar-refractivity contribution is 0.0586. The van der Waals surface area contributed by atoms with Crippen LogP contribution in [0, 0.1) is 0 Å². The van der Waals surface area contributed by atoms with E-state index in [4.69, 9.17) is 15.8 Å². The molecular weight excluding hydrogens is 731 g/mol. The summed E-state index contributed by atoms with van der Waals surface area (Å²) in [4.78, 5) is 64.7. The molecule has 49 heavy (non-hydrogen) atoms. The molecule has 258 valence electrons. The quantitative estimate of drug-likeness (QED) is 0.0472. The third-order valence-electron chi connectivity index (χ3n) is 6.34. The molecule has 7 N–H and O–H groups in total. The SMILES string of the molecule is CNc1ncc(Br)c(C(=O)OC)n1.CNc1ncc2c(n1)c(=O)[nH]c1cc(C(=O)OC)ccc12.COC(=O)c1ccc(B(O)O)c(N)c1.Cl. The Morgan fingerprint density at radius 3 is 1.94 bits per heavy atom. The number of hydrogen-bond acceptors (Lipinski definition) is 16. The van der Waals surface area contributed by atoms with E-state index in [-0.39, 0.29) is 40.4 Å². The fourth-order valence-corrected chi connectivity index (χ4v) is 4.32. The second-order valence-electron chi connectivity index (χ2n) is 9.25. The number of nitrogens with zero attached hydrogens (tertiary/aromatic N) is 4. The lowest BCUT2D eigenvalue weighted by Crippen LogP contribution is -2.32. The van der Waals surface area contributed by atoms with Crippen molar-refractivity contribution in [2.24, 2.45) is 0 Å². The van der Waals surface area contributed by atoms with E-state index < -0.39 is 25.0 Å². The van der Waals surface area contributed by atoms with Crippen molar-refractivity contribution in [3.8, 4) is 0 Å². The van der Waals surface area contributed by atoms with Gasteiger partial charge in [0.25, 0.3) is 5.56 Å². The first-order valence-corrected chi connectivity index (χ1v) is 14.4. The van der Waals surface area contributed by atoms with Crippen LogP contribution in [0.15, 0.2) is 58.1 Å². The van der Waals surface area contributed by atoms with Gasteiger partial charge in [-0.1, -0.05) is 12.1 Å². The molecule has 3 heterocycles. The molecule has 5 aromatic rings. The maximum absolute atomic E-state index is 12.1. The molecule has 0 bridgehead atoms. The number of nitrogens with two attached hydrogens (primary N) is 1. The molecule has 0 saturated heterocycles. The number of methoxy groups -OCH3 is 3. The summed E-state index contributed by atoms with van der Waals surface area (Å²) in [5.74, 6) is -0.719. The van der Waals surface area contributed by atoms with Crippen molar-refractivity contribution in [1.29, 1.82) is 0 Å². The maximum atomic E-state index is 12.1. The van der Waals surface area contributed by atoms with Gasteiger partial charge in [0.2, 0.25) is 11.9 Å². The monoisotopic (exact) mass is 760 g/mol. The van der Waals surface area contributed by atoms with E-state index in [9.17, 15) is 19.2 Å². The van der Waals surface area contributed by atoms with Crippen molar-refractivity contribution in [2.45, 2.75) is 0 Å². The molecule has 3 aromatic heterocycles. The zero-order chi connectivity index (χ0) is 35.5. The van der Waals surface area contributed by atoms with Crippen molar-refractivity contribution in [1.82, 2.24) is 24.9 Å². The lowest BCUT2D eigenvalue weighted by atomic mass is 9.78. The molecule has 0 aliphatic carbocycles. The number of halogens is 2. The number of anilines is 3. The van der Waals surface area contributed by atoms with Crippen LogP contribution in [-0.4, -0.2) is 95.4 Å². The molecule has 20 heteroatoms. The summed E-state index contributed by atoms with van der Waals surface area (Å²) in [5, 5.41) is 24.6. The van der Waals surface area contributed by atoms with Crippen LogP contribution >= 0.6 is 28.3 Å². The Balaban J connectivity index is 0.000000264. The number of carbonyl (C=O) groups is 3. The van der Waals surface area contributed by atoms with Crippen molar-refractivity contribution >= 4 is 98.2 Å². The summed E-state index contributed by atoms with van der Waals surface area (Å²) in [6.07, 6.45) is 3.08. The summed E-state index contributed by atoms with van der Waals surface area (Å²) in [7, 11) is 5.58. The number of aromatic amines is 1. The number of rotatable bonds is 6. The number of benzene rings is 2. The average molecular weight is 762 g/mol. The standard InChI is InChI=1S/C14H12N4O3.C8H10BNO4.C7H8BrN3O2.ClH/c1-15-14-16-6-9-8-4-3-7(13(20)21-2)5-10(8)17-12(19)11(9)18-14;1-14-8(11)5-2-3-6(9(12)13)7(10)4-5;1-9-7-10-3-4(8)5(11-7)6(12)13-2;/h3-6H,1-2H3,(H,17,19)(H,15,16,18);2-4,12-13H,10H2,1H3;3H,1-2H3,(H,9,10,11);1H. The van der Waals surface area contributed by atoms with Crippen molar-refractivity contribution in [3.63, 3.8) is 0 Å². The highest BCUT2D eigenvalue weighted by molar-refractivity contribution is 9.10. The molecule has 0 saturated carbocycles. The Morgan fingerprint density at radius 1 is 0.837 bits per heavy atom. The maximum Gasteiger partial charge on any atom is 0.490 e. The van der Waals surface area contributed by atoms with Gasteiger partial charge in [-0.15, -0.1) is 12.4 Å². The largest absolute Gasteiger partial charge is 0.490 e. The molecule has 0 atom stereocenters. The minimum absolute atomic E-state index is 0. The Kier molecular flexibility index (Phi) is 14.8. The van der Waals surface area contributed by atoms with Gasteiger partial charge >= 0.3 is 25.0 Å². The Morgan fingerprint density at radius 2 is 1.39 bits per heavy atom. The Hall–Kier alpha value is -5.37. The molecule has 17 nitrogen and oxygen atoms in total. The van der Waals surface area contributed by atoms with Crippen LogP contribution in [-0.2, 0) is 14.2 Å². The number of nitrogens with one attached hydrogen (secondary N) is 3. The molecule has 0 aliphatic rings. The predicted molar refractivity (Wildman–Crippen MR) is 188 cm³/mol. The number of esters is 3. The third kappa shape index (κ3) is 9.83. The smallest absolute Gasteiger partial charge is 0.465 e. The van der Waals surface area contributed by atoms with E-state index in [1.54, 1.807) is 38.5 Å². The van der Waals surface area contributed by atoms with Gasteiger partial charge in [0, 0.05) is 53.9 Å². The second kappa shape index (κ2) is 18.3. The summed E-state index contributed by atoms with van der Waals surface area (Å²) in [6, 6.07) is 9.07. The number of aromatic nitrogens is 5. The van der Waals surface area contributed by atoms with Gasteiger partial charge in [-0.25, -0.2) is 34.3 Å². The van der Waals surface area contributed by atoms with Crippen LogP contribution in [0.4, 0.5) is 17.6 Å². The summed E-state index contributed by atoms with van der Waals surface area (Å²) in [6.45, 7) is 0. The van der Waals surface area contributed by atoms with Crippen LogP contribution < -0.4 is 27.4 Å². The molecule has 0 radical (unpaired) electrons. The van der Waals surface area contributed by atoms with Gasteiger partial charge in [0.15, 0.2) is 5.69 Å². The van der Waals surface area contributed by atoms with Gasteiger partial charge in [0.1, 0.15) is 5.52 Å². The first-order valence-electron chi connectivity index (χ1n) is 13.6. The highest BCUT2D eigenvalue weighted by Crippen LogP contribution is 2.22. The Bertz CT molecular complexity index is 2030. The minimum Gasteiger partial charge on any atom is -0.465 e. The summed E-state index contributed by atoms with van der Waals surface area (Å²) < 4.78 is 14.2. The van der Waals surface area contributed by atoms with Crippen LogP contribution in [0.25, 0.3) is 21.8 Å². The number of nitrogen functional groups attached to an aromatic ring is 1. The molecule has 5 rings (SSSR count). The van der Waals surface area contributed by atoms with Gasteiger partial charge < -0.3 is 45.6 Å². The van der Waals surface area contributed by atoms with Crippen LogP contribution in [0.1, 0.15) is 31.2 Å². The second-order valence-corrected chi connectivity index (χ2v) is 10.1. The van der Waals surface area contributed by atoms with Gasteiger partial charge in [-0.3, -0.25) is 4.79 Å². The molecule has 0 unspecified atom stereocenters. The highest BCUT2D eigenvalue weighted by atomic mass is 79.9. The predicted octanol–water partition coefficient (Wildman–Crippen LogP) is 1.52. The molecule has 0 amide bonds. The number of hydrogen-bond donors (Lipinski definition) is 6. The third-order valence-corrected chi connectivity index (χ3v) is 6.92. The fraction of sp³-hybridized carbons (Fsp3) is 0.172. The van der Waals surface area contributed by atoms with Gasteiger partial charge in [-0.05, 0) is 40.2 Å². The first kappa shape index (κ1) is 39.8. The normalized spacial score (nSPS) is 9.88. The molecule has 0 spiro atoms. The van der Waals surface area contributed by atoms with E-state index in [0.717, 1.165) is 5.39 Å². The van der Waals surface area contributed by atoms with Crippen molar-refractivity contribution in [2.75, 3.05) is 51.8 Å². The molecular formula is C29H31BBrClN8O9. The van der Waals surface area contributed by atoms with Gasteiger partial charge in [0.05, 0.1) is 36.9 Å². The topological polar surface area (TPSA) is 254 Å². The first-order chi connectivity index (χ1) is 22.9. The Labute approximate surface area is 293 Å². The van der Waals surface area contributed by atoms with Crippen LogP contribution in [0.2, 0.25) is 0 Å². The highest BCUT2D eigenvalue weighted by Gasteiger charge is 2.17. The fourth-order valence-electron chi connectivity index (χ4n) is 3.96. The summed E-state index contributed by atoms with van der Waals surface area (Å²) >= 11 is 3.15. The zero-order valence-corrected chi connectivity index (χ0v) is 29.0. The number of carbonyl (C=O) groups excluding carboxylic acids is 3. The lowest BCUT2D eigenvalue weighted by Gasteiger charge is -2.06. The summed E-state index contributed by atoms with van der Waals surface area (Å²) in [5.41, 5.74) is 7.15. The van der Waals surface area contributed by atoms with Gasteiger partial charge in [-0.2, -0.15) is 0 Å². The average Bonchev–Trinajstić information content (AvgIpc) is 3.10. The molecule has 2 aromatic carbocycles. The van der Waals surface area contributed by atoms with Crippen molar-refractivity contribution in [3.05, 3.63) is 80.4 Å². The molecule has 0 fully saturated rings. The molecule has 0 aliphatic heterocycles. The van der Waals surface area contributed by atoms with Crippen LogP contribution in [0.5, 0.6) is 0 Å². The minimum atomic E-state index is -1.64. The zero-order valence-electron chi connectivity index (χ0n) is 26.6.